The molecule has 3 heterocycles. The van der Waals surface area contributed by atoms with Gasteiger partial charge in [-0.15, -0.1) is 11.3 Å². The highest BCUT2D eigenvalue weighted by Gasteiger charge is 2.18. The fourth-order valence-corrected chi connectivity index (χ4v) is 3.97. The first-order chi connectivity index (χ1) is 12.3. The van der Waals surface area contributed by atoms with E-state index in [0.717, 1.165) is 32.7 Å². The predicted molar refractivity (Wildman–Crippen MR) is 103 cm³/mol. The van der Waals surface area contributed by atoms with Crippen molar-refractivity contribution in [3.05, 3.63) is 82.5 Å². The molecular weight excluding hydrogens is 330 g/mol. The van der Waals surface area contributed by atoms with Crippen LogP contribution in [0.1, 0.15) is 0 Å². The number of para-hydroxylation sites is 1. The summed E-state index contributed by atoms with van der Waals surface area (Å²) in [6, 6.07) is 21.5. The Morgan fingerprint density at radius 1 is 0.920 bits per heavy atom. The summed E-state index contributed by atoms with van der Waals surface area (Å²) in [5.41, 5.74) is 4.13. The smallest absolute Gasteiger partial charge is 0.281 e. The summed E-state index contributed by atoms with van der Waals surface area (Å²) in [6.45, 7) is 0. The Kier molecular flexibility index (Phi) is 3.08. The zero-order valence-corrected chi connectivity index (χ0v) is 14.0. The van der Waals surface area contributed by atoms with Crippen LogP contribution in [-0.2, 0) is 0 Å². The minimum atomic E-state index is -0.0807. The van der Waals surface area contributed by atoms with Gasteiger partial charge in [0.2, 0.25) is 0 Å². The number of fused-ring (bicyclic) bond motifs is 3. The van der Waals surface area contributed by atoms with Crippen molar-refractivity contribution >= 4 is 32.5 Å². The van der Waals surface area contributed by atoms with Gasteiger partial charge in [0, 0.05) is 5.56 Å². The van der Waals surface area contributed by atoms with Gasteiger partial charge in [-0.3, -0.25) is 9.89 Å². The lowest BCUT2D eigenvalue weighted by Crippen LogP contribution is -2.14. The average molecular weight is 343 g/mol. The highest BCUT2D eigenvalue weighted by Crippen LogP contribution is 2.32. The van der Waals surface area contributed by atoms with E-state index < -0.39 is 0 Å². The molecule has 3 aromatic heterocycles. The Morgan fingerprint density at radius 2 is 1.64 bits per heavy atom. The van der Waals surface area contributed by atoms with Gasteiger partial charge < -0.3 is 0 Å². The molecule has 120 valence electrons. The van der Waals surface area contributed by atoms with Gasteiger partial charge >= 0.3 is 0 Å². The number of aromatic amines is 1. The van der Waals surface area contributed by atoms with Crippen LogP contribution in [0.5, 0.6) is 0 Å². The third-order valence-electron chi connectivity index (χ3n) is 4.29. The quantitative estimate of drug-likeness (QED) is 0.509. The van der Waals surface area contributed by atoms with Gasteiger partial charge in [0.25, 0.3) is 5.56 Å². The second-order valence-electron chi connectivity index (χ2n) is 5.80. The lowest BCUT2D eigenvalue weighted by molar-refractivity contribution is 0.865. The molecule has 0 radical (unpaired) electrons. The number of H-pyrrole nitrogens is 1. The first kappa shape index (κ1) is 14.2. The van der Waals surface area contributed by atoms with Crippen LogP contribution < -0.4 is 5.56 Å². The highest BCUT2D eigenvalue weighted by molar-refractivity contribution is 7.18. The molecule has 25 heavy (non-hydrogen) atoms. The average Bonchev–Trinajstić information content (AvgIpc) is 3.27. The van der Waals surface area contributed by atoms with Crippen molar-refractivity contribution < 1.29 is 0 Å². The highest BCUT2D eigenvalue weighted by atomic mass is 32.1. The van der Waals surface area contributed by atoms with Crippen molar-refractivity contribution in [1.29, 1.82) is 0 Å². The van der Waals surface area contributed by atoms with Crippen molar-refractivity contribution in [2.24, 2.45) is 0 Å². The molecule has 2 aromatic carbocycles. The molecule has 0 amide bonds. The fraction of sp³-hybridized carbons (Fsp3) is 0. The number of nitrogens with zero attached hydrogens (tertiary/aromatic N) is 2. The number of benzene rings is 2. The molecular formula is C20H13N3OS. The molecule has 0 bridgehead atoms. The maximum absolute atomic E-state index is 13.2. The number of nitrogens with one attached hydrogen (secondary N) is 1. The zero-order valence-electron chi connectivity index (χ0n) is 13.1. The van der Waals surface area contributed by atoms with Gasteiger partial charge in [-0.25, -0.2) is 9.67 Å². The topological polar surface area (TPSA) is 50.7 Å². The Morgan fingerprint density at radius 3 is 2.40 bits per heavy atom. The number of aromatic nitrogens is 3. The molecule has 5 aromatic rings. The van der Waals surface area contributed by atoms with Crippen molar-refractivity contribution in [3.63, 3.8) is 0 Å². The summed E-state index contributed by atoms with van der Waals surface area (Å²) in [4.78, 5) is 18.0. The Bertz CT molecular complexity index is 1250. The summed E-state index contributed by atoms with van der Waals surface area (Å²) in [5, 5.41) is 5.93. The largest absolute Gasteiger partial charge is 0.289 e. The van der Waals surface area contributed by atoms with Gasteiger partial charge in [-0.2, -0.15) is 0 Å². The van der Waals surface area contributed by atoms with Gasteiger partial charge in [0.05, 0.1) is 32.5 Å². The van der Waals surface area contributed by atoms with E-state index in [1.807, 2.05) is 72.1 Å². The van der Waals surface area contributed by atoms with Crippen LogP contribution in [0.15, 0.2) is 76.9 Å². The van der Waals surface area contributed by atoms with Crippen LogP contribution in [0.25, 0.3) is 38.1 Å². The monoisotopic (exact) mass is 343 g/mol. The van der Waals surface area contributed by atoms with E-state index in [2.05, 4.69) is 5.10 Å². The van der Waals surface area contributed by atoms with Crippen molar-refractivity contribution in [1.82, 2.24) is 14.8 Å². The molecule has 0 aliphatic heterocycles. The number of hydrogen-bond donors (Lipinski definition) is 1. The number of thiophene rings is 1. The molecule has 5 heteroatoms. The molecule has 0 aliphatic rings. The third-order valence-corrected chi connectivity index (χ3v) is 5.21. The summed E-state index contributed by atoms with van der Waals surface area (Å²) >= 11 is 1.59. The summed E-state index contributed by atoms with van der Waals surface area (Å²) in [7, 11) is 0. The van der Waals surface area contributed by atoms with Crippen LogP contribution in [0.4, 0.5) is 0 Å². The summed E-state index contributed by atoms with van der Waals surface area (Å²) < 4.78 is 2.60. The normalized spacial score (nSPS) is 11.4. The predicted octanol–water partition coefficient (Wildman–Crippen LogP) is 4.60. The van der Waals surface area contributed by atoms with E-state index in [1.165, 1.54) is 0 Å². The molecule has 1 N–H and O–H groups in total. The first-order valence-electron chi connectivity index (χ1n) is 7.96. The van der Waals surface area contributed by atoms with E-state index in [1.54, 1.807) is 16.0 Å². The molecule has 0 saturated carbocycles. The Hall–Kier alpha value is -3.18. The van der Waals surface area contributed by atoms with E-state index in [9.17, 15) is 4.79 Å². The van der Waals surface area contributed by atoms with Crippen LogP contribution >= 0.6 is 11.3 Å². The number of rotatable bonds is 2. The van der Waals surface area contributed by atoms with Crippen LogP contribution in [-0.4, -0.2) is 14.8 Å². The van der Waals surface area contributed by atoms with E-state index in [4.69, 9.17) is 4.98 Å². The first-order valence-corrected chi connectivity index (χ1v) is 8.84. The number of pyridine rings is 1. The Balaban J connectivity index is 1.94. The molecule has 0 atom stereocenters. The lowest BCUT2D eigenvalue weighted by atomic mass is 10.1. The van der Waals surface area contributed by atoms with E-state index in [0.29, 0.717) is 5.39 Å². The van der Waals surface area contributed by atoms with Gasteiger partial charge in [-0.1, -0.05) is 48.5 Å². The van der Waals surface area contributed by atoms with Crippen molar-refractivity contribution in [2.45, 2.75) is 0 Å². The molecule has 0 aliphatic carbocycles. The molecule has 5 rings (SSSR count). The minimum Gasteiger partial charge on any atom is -0.289 e. The van der Waals surface area contributed by atoms with Crippen molar-refractivity contribution in [2.75, 3.05) is 0 Å². The summed E-state index contributed by atoms with van der Waals surface area (Å²) in [5.74, 6) is 0. The molecule has 0 saturated heterocycles. The standard InChI is InChI=1S/C20H13N3OS/c24-20-16-17(13-7-3-1-4-8-13)21-15-11-12-25-19(15)18(16)22-23(20)14-9-5-2-6-10-14/h1-12,22H. The van der Waals surface area contributed by atoms with Crippen LogP contribution in [0.2, 0.25) is 0 Å². The van der Waals surface area contributed by atoms with E-state index in [-0.39, 0.29) is 5.56 Å². The summed E-state index contributed by atoms with van der Waals surface area (Å²) in [6.07, 6.45) is 0. The lowest BCUT2D eigenvalue weighted by Gasteiger charge is -2.02. The zero-order chi connectivity index (χ0) is 16.8. The molecule has 0 spiro atoms. The Labute approximate surface area is 147 Å². The minimum absolute atomic E-state index is 0.0807. The second kappa shape index (κ2) is 5.43. The van der Waals surface area contributed by atoms with Crippen molar-refractivity contribution in [3.8, 4) is 16.9 Å². The van der Waals surface area contributed by atoms with Gasteiger partial charge in [-0.05, 0) is 23.6 Å². The third kappa shape index (κ3) is 2.13. The molecule has 4 nitrogen and oxygen atoms in total. The molecule has 0 fully saturated rings. The van der Waals surface area contributed by atoms with Gasteiger partial charge in [0.1, 0.15) is 0 Å². The SMILES string of the molecule is O=c1c2c(-c3ccccc3)nc3ccsc3c2[nH]n1-c1ccccc1. The fourth-order valence-electron chi connectivity index (χ4n) is 3.14. The van der Waals surface area contributed by atoms with Gasteiger partial charge in [0.15, 0.2) is 0 Å². The van der Waals surface area contributed by atoms with E-state index >= 15 is 0 Å². The maximum Gasteiger partial charge on any atom is 0.281 e. The van der Waals surface area contributed by atoms with Crippen LogP contribution in [0, 0.1) is 0 Å². The molecule has 0 unspecified atom stereocenters. The number of hydrogen-bond acceptors (Lipinski definition) is 3. The second-order valence-corrected chi connectivity index (χ2v) is 6.72. The maximum atomic E-state index is 13.2. The van der Waals surface area contributed by atoms with Crippen LogP contribution in [0.3, 0.4) is 0 Å².